The number of oxazole rings is 1. The van der Waals surface area contributed by atoms with Crippen molar-refractivity contribution in [2.75, 3.05) is 13.6 Å². The Balaban J connectivity index is 0.00000280. The van der Waals surface area contributed by atoms with Crippen LogP contribution in [0.4, 0.5) is 4.39 Å². The van der Waals surface area contributed by atoms with Crippen molar-refractivity contribution in [2.45, 2.75) is 19.9 Å². The summed E-state index contributed by atoms with van der Waals surface area (Å²) in [6.45, 7) is 3.12. The lowest BCUT2D eigenvalue weighted by Gasteiger charge is -2.11. The minimum Gasteiger partial charge on any atom is -0.444 e. The number of guanidine groups is 1. The molecule has 3 rings (SSSR count). The van der Waals surface area contributed by atoms with Gasteiger partial charge in [0.05, 0.1) is 12.2 Å². The Morgan fingerprint density at radius 3 is 2.64 bits per heavy atom. The summed E-state index contributed by atoms with van der Waals surface area (Å²) in [5.74, 6) is 1.07. The molecule has 148 valence electrons. The molecule has 0 spiro atoms. The molecule has 7 heteroatoms. The van der Waals surface area contributed by atoms with E-state index in [-0.39, 0.29) is 29.8 Å². The van der Waals surface area contributed by atoms with Crippen LogP contribution in [0, 0.1) is 12.7 Å². The third-order valence-electron chi connectivity index (χ3n) is 4.22. The molecular formula is C21H24FIN4O. The molecule has 0 unspecified atom stereocenters. The third-order valence-corrected chi connectivity index (χ3v) is 4.22. The number of hydrogen-bond acceptors (Lipinski definition) is 3. The van der Waals surface area contributed by atoms with Crippen LogP contribution >= 0.6 is 24.0 Å². The Kier molecular flexibility index (Phi) is 8.43. The zero-order chi connectivity index (χ0) is 19.1. The highest BCUT2D eigenvalue weighted by Gasteiger charge is 2.07. The highest BCUT2D eigenvalue weighted by Crippen LogP contribution is 2.17. The largest absolute Gasteiger partial charge is 0.444 e. The smallest absolute Gasteiger partial charge is 0.226 e. The van der Waals surface area contributed by atoms with Gasteiger partial charge in [0.1, 0.15) is 12.1 Å². The predicted molar refractivity (Wildman–Crippen MR) is 120 cm³/mol. The van der Waals surface area contributed by atoms with Gasteiger partial charge in [0, 0.05) is 19.2 Å². The second-order valence-corrected chi connectivity index (χ2v) is 6.18. The van der Waals surface area contributed by atoms with Gasteiger partial charge in [-0.1, -0.05) is 24.3 Å². The SMILES string of the molecule is CN=C(NCCc1ccc(F)cc1C)NCc1coc(-c2ccccc2)n1.I. The van der Waals surface area contributed by atoms with Crippen molar-refractivity contribution in [3.05, 3.63) is 77.4 Å². The van der Waals surface area contributed by atoms with Crippen LogP contribution < -0.4 is 10.6 Å². The van der Waals surface area contributed by atoms with E-state index in [1.807, 2.05) is 43.3 Å². The molecule has 0 atom stereocenters. The maximum atomic E-state index is 13.2. The number of aryl methyl sites for hydroxylation is 1. The molecule has 1 heterocycles. The molecule has 2 N–H and O–H groups in total. The van der Waals surface area contributed by atoms with Crippen LogP contribution in [0.3, 0.4) is 0 Å². The lowest BCUT2D eigenvalue weighted by atomic mass is 10.1. The van der Waals surface area contributed by atoms with E-state index in [1.165, 1.54) is 6.07 Å². The van der Waals surface area contributed by atoms with Gasteiger partial charge in [-0.3, -0.25) is 4.99 Å². The normalized spacial score (nSPS) is 11.0. The van der Waals surface area contributed by atoms with Gasteiger partial charge >= 0.3 is 0 Å². The fourth-order valence-electron chi connectivity index (χ4n) is 2.75. The number of nitrogens with one attached hydrogen (secondary N) is 2. The Bertz CT molecular complexity index is 912. The van der Waals surface area contributed by atoms with E-state index in [1.54, 1.807) is 19.4 Å². The van der Waals surface area contributed by atoms with Crippen molar-refractivity contribution in [1.82, 2.24) is 15.6 Å². The van der Waals surface area contributed by atoms with Crippen molar-refractivity contribution in [2.24, 2.45) is 4.99 Å². The van der Waals surface area contributed by atoms with Crippen molar-refractivity contribution >= 4 is 29.9 Å². The lowest BCUT2D eigenvalue weighted by Crippen LogP contribution is -2.38. The minimum atomic E-state index is -0.204. The fourth-order valence-corrected chi connectivity index (χ4v) is 2.75. The van der Waals surface area contributed by atoms with Gasteiger partial charge in [-0.2, -0.15) is 0 Å². The first-order chi connectivity index (χ1) is 13.2. The van der Waals surface area contributed by atoms with Gasteiger partial charge in [0.2, 0.25) is 5.89 Å². The van der Waals surface area contributed by atoms with Crippen LogP contribution in [-0.2, 0) is 13.0 Å². The summed E-state index contributed by atoms with van der Waals surface area (Å²) < 4.78 is 18.7. The van der Waals surface area contributed by atoms with Crippen molar-refractivity contribution in [3.8, 4) is 11.5 Å². The second-order valence-electron chi connectivity index (χ2n) is 6.18. The van der Waals surface area contributed by atoms with Gasteiger partial charge in [0.25, 0.3) is 0 Å². The van der Waals surface area contributed by atoms with Gasteiger partial charge < -0.3 is 15.1 Å². The molecule has 3 aromatic rings. The minimum absolute atomic E-state index is 0. The fraction of sp³-hybridized carbons (Fsp3) is 0.238. The Labute approximate surface area is 181 Å². The molecule has 28 heavy (non-hydrogen) atoms. The first-order valence-corrected chi connectivity index (χ1v) is 8.85. The van der Waals surface area contributed by atoms with Crippen LogP contribution in [0.1, 0.15) is 16.8 Å². The zero-order valence-electron chi connectivity index (χ0n) is 15.9. The number of benzene rings is 2. The highest BCUT2D eigenvalue weighted by molar-refractivity contribution is 14.0. The quantitative estimate of drug-likeness (QED) is 0.305. The lowest BCUT2D eigenvalue weighted by molar-refractivity contribution is 0.572. The molecular weight excluding hydrogens is 470 g/mol. The molecule has 0 fully saturated rings. The maximum Gasteiger partial charge on any atom is 0.226 e. The number of halogens is 2. The van der Waals surface area contributed by atoms with Crippen LogP contribution in [0.5, 0.6) is 0 Å². The molecule has 0 saturated heterocycles. The Morgan fingerprint density at radius 2 is 1.93 bits per heavy atom. The van der Waals surface area contributed by atoms with Crippen LogP contribution in [0.25, 0.3) is 11.5 Å². The summed E-state index contributed by atoms with van der Waals surface area (Å²) in [7, 11) is 1.72. The molecule has 0 bridgehead atoms. The van der Waals surface area contributed by atoms with Crippen LogP contribution in [-0.4, -0.2) is 24.5 Å². The molecule has 1 aromatic heterocycles. The maximum absolute atomic E-state index is 13.2. The van der Waals surface area contributed by atoms with E-state index >= 15 is 0 Å². The number of aromatic nitrogens is 1. The summed E-state index contributed by atoms with van der Waals surface area (Å²) in [6, 6.07) is 14.6. The molecule has 0 aliphatic carbocycles. The first-order valence-electron chi connectivity index (χ1n) is 8.85. The number of rotatable bonds is 6. The first kappa shape index (κ1) is 21.9. The molecule has 2 aromatic carbocycles. The van der Waals surface area contributed by atoms with Crippen LogP contribution in [0.2, 0.25) is 0 Å². The summed E-state index contributed by atoms with van der Waals surface area (Å²) in [5.41, 5.74) is 3.81. The van der Waals surface area contributed by atoms with Gasteiger partial charge in [0.15, 0.2) is 5.96 Å². The molecule has 0 saturated carbocycles. The van der Waals surface area contributed by atoms with E-state index in [0.717, 1.165) is 28.8 Å². The van der Waals surface area contributed by atoms with Crippen molar-refractivity contribution in [3.63, 3.8) is 0 Å². The molecule has 0 radical (unpaired) electrons. The zero-order valence-corrected chi connectivity index (χ0v) is 18.2. The predicted octanol–water partition coefficient (Wildman–Crippen LogP) is 4.31. The molecule has 0 amide bonds. The highest BCUT2D eigenvalue weighted by atomic mass is 127. The summed E-state index contributed by atoms with van der Waals surface area (Å²) in [6.07, 6.45) is 2.43. The number of nitrogens with zero attached hydrogens (tertiary/aromatic N) is 2. The molecule has 5 nitrogen and oxygen atoms in total. The number of aliphatic imine (C=N–C) groups is 1. The standard InChI is InChI=1S/C21H23FN4O.HI/c1-15-12-18(22)9-8-16(15)10-11-24-21(23-2)25-13-19-14-27-20(26-19)17-6-4-3-5-7-17;/h3-9,12,14H,10-11,13H2,1-2H3,(H2,23,24,25);1H. The van der Waals surface area contributed by atoms with E-state index in [0.29, 0.717) is 24.9 Å². The summed E-state index contributed by atoms with van der Waals surface area (Å²) in [4.78, 5) is 8.70. The Morgan fingerprint density at radius 1 is 1.14 bits per heavy atom. The van der Waals surface area contributed by atoms with Crippen molar-refractivity contribution < 1.29 is 8.81 Å². The van der Waals surface area contributed by atoms with E-state index in [2.05, 4.69) is 20.6 Å². The number of hydrogen-bond donors (Lipinski definition) is 2. The van der Waals surface area contributed by atoms with Gasteiger partial charge in [-0.15, -0.1) is 24.0 Å². The molecule has 0 aliphatic heterocycles. The monoisotopic (exact) mass is 494 g/mol. The van der Waals surface area contributed by atoms with Crippen LogP contribution in [0.15, 0.2) is 64.2 Å². The van der Waals surface area contributed by atoms with E-state index < -0.39 is 0 Å². The third kappa shape index (κ3) is 6.05. The average Bonchev–Trinajstić information content (AvgIpc) is 3.16. The van der Waals surface area contributed by atoms with E-state index in [9.17, 15) is 4.39 Å². The average molecular weight is 494 g/mol. The molecule has 0 aliphatic rings. The van der Waals surface area contributed by atoms with Gasteiger partial charge in [-0.05, 0) is 48.7 Å². The summed E-state index contributed by atoms with van der Waals surface area (Å²) in [5, 5.41) is 6.47. The topological polar surface area (TPSA) is 62.5 Å². The van der Waals surface area contributed by atoms with Crippen molar-refractivity contribution in [1.29, 1.82) is 0 Å². The summed E-state index contributed by atoms with van der Waals surface area (Å²) >= 11 is 0. The second kappa shape index (κ2) is 10.8. The van der Waals surface area contributed by atoms with E-state index in [4.69, 9.17) is 4.42 Å². The Hall–Kier alpha value is -2.42. The van der Waals surface area contributed by atoms with Gasteiger partial charge in [-0.25, -0.2) is 9.37 Å².